The number of aromatic nitrogens is 2. The van der Waals surface area contributed by atoms with Gasteiger partial charge in [-0.1, -0.05) is 23.7 Å². The number of hydrogen-bond acceptors (Lipinski definition) is 5. The van der Waals surface area contributed by atoms with Crippen molar-refractivity contribution in [3.05, 3.63) is 35.2 Å². The molecule has 0 bridgehead atoms. The minimum atomic E-state index is -0.00364. The topological polar surface area (TPSA) is 84.0 Å². The third-order valence-corrected chi connectivity index (χ3v) is 5.47. The van der Waals surface area contributed by atoms with Crippen molar-refractivity contribution in [3.8, 4) is 11.5 Å². The molecule has 8 nitrogen and oxygen atoms in total. The molecule has 0 aliphatic carbocycles. The number of hydrogen-bond donors (Lipinski definition) is 1. The first-order valence-electron chi connectivity index (χ1n) is 9.81. The van der Waals surface area contributed by atoms with E-state index < -0.39 is 0 Å². The van der Waals surface area contributed by atoms with Gasteiger partial charge < -0.3 is 19.1 Å². The maximum atomic E-state index is 12.9. The Morgan fingerprint density at radius 2 is 1.93 bits per heavy atom. The van der Waals surface area contributed by atoms with Crippen LogP contribution >= 0.6 is 11.6 Å². The largest absolute Gasteiger partial charge is 0.419 e. The van der Waals surface area contributed by atoms with E-state index in [1.165, 1.54) is 4.90 Å². The van der Waals surface area contributed by atoms with E-state index in [1.54, 1.807) is 17.9 Å². The van der Waals surface area contributed by atoms with Gasteiger partial charge in [-0.2, -0.15) is 0 Å². The van der Waals surface area contributed by atoms with Gasteiger partial charge >= 0.3 is 0 Å². The zero-order chi connectivity index (χ0) is 21.0. The van der Waals surface area contributed by atoms with Gasteiger partial charge in [0.05, 0.1) is 43.3 Å². The molecule has 9 heteroatoms. The van der Waals surface area contributed by atoms with E-state index in [0.717, 1.165) is 13.1 Å². The van der Waals surface area contributed by atoms with Crippen LogP contribution in [-0.4, -0.2) is 70.6 Å². The summed E-state index contributed by atoms with van der Waals surface area (Å²) in [6.07, 6.45) is 0. The van der Waals surface area contributed by atoms with Crippen LogP contribution in [-0.2, 0) is 16.1 Å². The highest BCUT2D eigenvalue weighted by Crippen LogP contribution is 2.26. The normalized spacial score (nSPS) is 15.0. The van der Waals surface area contributed by atoms with Crippen molar-refractivity contribution in [3.63, 3.8) is 0 Å². The second-order valence-electron chi connectivity index (χ2n) is 7.53. The fraction of sp³-hybridized carbons (Fsp3) is 0.500. The molecule has 0 atom stereocenters. The van der Waals surface area contributed by atoms with E-state index >= 15 is 0 Å². The monoisotopic (exact) mass is 420 g/mol. The van der Waals surface area contributed by atoms with Gasteiger partial charge in [-0.3, -0.25) is 9.59 Å². The SMILES string of the molecule is CC(=O)N1CC[NH+](CC(=O)N(Cc2nnc(-c3ccccc3Cl)o2)C(C)C)CC1. The Morgan fingerprint density at radius 3 is 2.55 bits per heavy atom. The molecule has 3 rings (SSSR count). The van der Waals surface area contributed by atoms with Crippen LogP contribution < -0.4 is 4.90 Å². The van der Waals surface area contributed by atoms with E-state index in [4.69, 9.17) is 16.0 Å². The molecule has 2 aromatic rings. The predicted molar refractivity (Wildman–Crippen MR) is 108 cm³/mol. The van der Waals surface area contributed by atoms with Crippen LogP contribution in [0, 0.1) is 0 Å². The molecule has 1 aliphatic rings. The summed E-state index contributed by atoms with van der Waals surface area (Å²) in [6.45, 7) is 9.06. The Bertz CT molecular complexity index is 861. The molecule has 1 aromatic heterocycles. The fourth-order valence-electron chi connectivity index (χ4n) is 3.40. The van der Waals surface area contributed by atoms with Gasteiger partial charge in [0.15, 0.2) is 6.54 Å². The molecule has 2 amide bonds. The van der Waals surface area contributed by atoms with Crippen LogP contribution in [0.4, 0.5) is 0 Å². The average molecular weight is 421 g/mol. The van der Waals surface area contributed by atoms with E-state index in [1.807, 2.05) is 36.9 Å². The van der Waals surface area contributed by atoms with E-state index in [-0.39, 0.29) is 24.4 Å². The molecule has 0 spiro atoms. The molecule has 1 saturated heterocycles. The molecule has 0 unspecified atom stereocenters. The maximum Gasteiger partial charge on any atom is 0.278 e. The van der Waals surface area contributed by atoms with Crippen LogP contribution in [0.2, 0.25) is 5.02 Å². The molecule has 0 radical (unpaired) electrons. The van der Waals surface area contributed by atoms with Crippen molar-refractivity contribution >= 4 is 23.4 Å². The molecule has 1 N–H and O–H groups in total. The minimum absolute atomic E-state index is 0.00364. The number of benzene rings is 1. The van der Waals surface area contributed by atoms with Crippen molar-refractivity contribution in [1.82, 2.24) is 20.0 Å². The molecule has 1 aliphatic heterocycles. The van der Waals surface area contributed by atoms with Crippen molar-refractivity contribution in [1.29, 1.82) is 0 Å². The zero-order valence-electron chi connectivity index (χ0n) is 17.0. The summed E-state index contributed by atoms with van der Waals surface area (Å²) >= 11 is 6.19. The summed E-state index contributed by atoms with van der Waals surface area (Å²) in [4.78, 5) is 29.1. The molecule has 1 fully saturated rings. The molecule has 2 heterocycles. The van der Waals surface area contributed by atoms with Gasteiger partial charge in [0.25, 0.3) is 5.91 Å². The second kappa shape index (κ2) is 9.37. The molecule has 0 saturated carbocycles. The summed E-state index contributed by atoms with van der Waals surface area (Å²) in [5, 5.41) is 8.71. The highest BCUT2D eigenvalue weighted by molar-refractivity contribution is 6.33. The summed E-state index contributed by atoms with van der Waals surface area (Å²) in [5.74, 6) is 0.833. The van der Waals surface area contributed by atoms with Gasteiger partial charge in [0, 0.05) is 13.0 Å². The van der Waals surface area contributed by atoms with Crippen molar-refractivity contribution < 1.29 is 18.9 Å². The van der Waals surface area contributed by atoms with Gasteiger partial charge in [0.2, 0.25) is 17.7 Å². The molecule has 29 heavy (non-hydrogen) atoms. The maximum absolute atomic E-state index is 12.9. The Morgan fingerprint density at radius 1 is 1.24 bits per heavy atom. The van der Waals surface area contributed by atoms with Gasteiger partial charge in [-0.05, 0) is 26.0 Å². The molecular weight excluding hydrogens is 394 g/mol. The second-order valence-corrected chi connectivity index (χ2v) is 7.94. The lowest BCUT2D eigenvalue weighted by molar-refractivity contribution is -0.896. The molecule has 1 aromatic carbocycles. The quantitative estimate of drug-likeness (QED) is 0.749. The molecular formula is C20H27ClN5O3+. The number of nitrogens with one attached hydrogen (secondary N) is 1. The van der Waals surface area contributed by atoms with E-state index in [9.17, 15) is 9.59 Å². The Kier molecular flexibility index (Phi) is 6.87. The number of rotatable bonds is 6. The minimum Gasteiger partial charge on any atom is -0.419 e. The van der Waals surface area contributed by atoms with Gasteiger partial charge in [-0.15, -0.1) is 10.2 Å². The Labute approximate surface area is 175 Å². The summed E-state index contributed by atoms with van der Waals surface area (Å²) in [6, 6.07) is 7.26. The first kappa shape index (κ1) is 21.3. The Balaban J connectivity index is 1.63. The van der Waals surface area contributed by atoms with Gasteiger partial charge in [-0.25, -0.2) is 0 Å². The summed E-state index contributed by atoms with van der Waals surface area (Å²) < 4.78 is 5.76. The van der Waals surface area contributed by atoms with Crippen LogP contribution in [0.3, 0.4) is 0 Å². The standard InChI is InChI=1S/C20H26ClN5O3/c1-14(2)26(19(28)13-24-8-10-25(11-9-24)15(3)27)12-18-22-23-20(29-18)16-6-4-5-7-17(16)21/h4-7,14H,8-13H2,1-3H3/p+1. The number of nitrogens with zero attached hydrogens (tertiary/aromatic N) is 4. The number of quaternary nitrogens is 1. The van der Waals surface area contributed by atoms with E-state index in [2.05, 4.69) is 10.2 Å². The third-order valence-electron chi connectivity index (χ3n) is 5.14. The number of piperazine rings is 1. The van der Waals surface area contributed by atoms with Crippen molar-refractivity contribution in [2.45, 2.75) is 33.4 Å². The van der Waals surface area contributed by atoms with Crippen LogP contribution in [0.1, 0.15) is 26.7 Å². The fourth-order valence-corrected chi connectivity index (χ4v) is 3.61. The lowest BCUT2D eigenvalue weighted by atomic mass is 10.2. The number of carbonyl (C=O) groups is 2. The van der Waals surface area contributed by atoms with Crippen LogP contribution in [0.25, 0.3) is 11.5 Å². The lowest BCUT2D eigenvalue weighted by Crippen LogP contribution is -3.15. The first-order valence-corrected chi connectivity index (χ1v) is 10.2. The number of amides is 2. The number of halogens is 1. The smallest absolute Gasteiger partial charge is 0.278 e. The lowest BCUT2D eigenvalue weighted by Gasteiger charge is -2.33. The zero-order valence-corrected chi connectivity index (χ0v) is 17.8. The first-order chi connectivity index (χ1) is 13.8. The van der Waals surface area contributed by atoms with Crippen molar-refractivity contribution in [2.24, 2.45) is 0 Å². The third kappa shape index (κ3) is 5.33. The molecule has 156 valence electrons. The van der Waals surface area contributed by atoms with Gasteiger partial charge in [0.1, 0.15) is 0 Å². The van der Waals surface area contributed by atoms with Crippen molar-refractivity contribution in [2.75, 3.05) is 32.7 Å². The summed E-state index contributed by atoms with van der Waals surface area (Å²) in [7, 11) is 0. The van der Waals surface area contributed by atoms with Crippen LogP contribution in [0.5, 0.6) is 0 Å². The highest BCUT2D eigenvalue weighted by Gasteiger charge is 2.28. The summed E-state index contributed by atoms with van der Waals surface area (Å²) in [5.41, 5.74) is 0.670. The highest BCUT2D eigenvalue weighted by atomic mass is 35.5. The average Bonchev–Trinajstić information content (AvgIpc) is 3.15. The van der Waals surface area contributed by atoms with Crippen LogP contribution in [0.15, 0.2) is 28.7 Å². The predicted octanol–water partition coefficient (Wildman–Crippen LogP) is 0.874. The van der Waals surface area contributed by atoms with E-state index in [0.29, 0.717) is 42.0 Å². The number of carbonyl (C=O) groups excluding carboxylic acids is 2. The Hall–Kier alpha value is -2.45.